The van der Waals surface area contributed by atoms with Crippen molar-refractivity contribution in [2.75, 3.05) is 5.75 Å². The molecule has 0 aromatic heterocycles. The first-order valence-electron chi connectivity index (χ1n) is 13.3. The van der Waals surface area contributed by atoms with Gasteiger partial charge in [-0.15, -0.1) is 11.8 Å². The Hall–Kier alpha value is -1.29. The van der Waals surface area contributed by atoms with Gasteiger partial charge in [0.05, 0.1) is 12.2 Å². The van der Waals surface area contributed by atoms with Crippen molar-refractivity contribution in [1.29, 1.82) is 0 Å². The molecule has 4 rings (SSSR count). The summed E-state index contributed by atoms with van der Waals surface area (Å²) in [5, 5.41) is 20.4. The van der Waals surface area contributed by atoms with Gasteiger partial charge in [0.25, 0.3) is 0 Å². The topological polar surface area (TPSA) is 40.5 Å². The summed E-state index contributed by atoms with van der Waals surface area (Å²) >= 11 is 2.04. The van der Waals surface area contributed by atoms with Gasteiger partial charge in [-0.3, -0.25) is 0 Å². The average molecular weight is 481 g/mol. The SMILES string of the molecule is C=C1C(O)CC(=C/C=C2\CCCC3(C)C2CCC3C(C)CSc2cccc(C(C)C)c2)C[C@H]1O. The summed E-state index contributed by atoms with van der Waals surface area (Å²) in [6.45, 7) is 13.4. The first kappa shape index (κ1) is 25.8. The fourth-order valence-corrected chi connectivity index (χ4v) is 8.03. The van der Waals surface area contributed by atoms with Crippen molar-refractivity contribution in [3.63, 3.8) is 0 Å². The van der Waals surface area contributed by atoms with Crippen molar-refractivity contribution in [1.82, 2.24) is 0 Å². The van der Waals surface area contributed by atoms with Crippen molar-refractivity contribution < 1.29 is 10.2 Å². The summed E-state index contributed by atoms with van der Waals surface area (Å²) in [6, 6.07) is 9.11. The minimum absolute atomic E-state index is 0.391. The molecule has 1 aromatic carbocycles. The minimum atomic E-state index is -0.611. The van der Waals surface area contributed by atoms with Gasteiger partial charge in [0.1, 0.15) is 0 Å². The molecular weight excluding hydrogens is 436 g/mol. The van der Waals surface area contributed by atoms with Crippen LogP contribution in [0.3, 0.4) is 0 Å². The maximum absolute atomic E-state index is 10.2. The molecule has 2 N–H and O–H groups in total. The molecule has 0 spiro atoms. The molecule has 6 atom stereocenters. The second-order valence-corrected chi connectivity index (χ2v) is 12.8. The van der Waals surface area contributed by atoms with Crippen molar-refractivity contribution >= 4 is 11.8 Å². The highest BCUT2D eigenvalue weighted by atomic mass is 32.2. The largest absolute Gasteiger partial charge is 0.388 e. The number of benzene rings is 1. The molecule has 2 nitrogen and oxygen atoms in total. The number of thioether (sulfide) groups is 1. The predicted octanol–water partition coefficient (Wildman–Crippen LogP) is 7.68. The lowest BCUT2D eigenvalue weighted by atomic mass is 9.61. The predicted molar refractivity (Wildman–Crippen MR) is 145 cm³/mol. The molecule has 0 bridgehead atoms. The molecule has 3 aliphatic carbocycles. The van der Waals surface area contributed by atoms with Crippen LogP contribution in [-0.2, 0) is 0 Å². The van der Waals surface area contributed by atoms with Gasteiger partial charge in [-0.2, -0.15) is 0 Å². The van der Waals surface area contributed by atoms with E-state index in [1.54, 1.807) is 5.57 Å². The Balaban J connectivity index is 1.42. The van der Waals surface area contributed by atoms with E-state index in [1.807, 2.05) is 11.8 Å². The highest BCUT2D eigenvalue weighted by Crippen LogP contribution is 2.59. The molecule has 3 fully saturated rings. The number of allylic oxidation sites excluding steroid dienone is 3. The zero-order valence-corrected chi connectivity index (χ0v) is 22.4. The van der Waals surface area contributed by atoms with Crippen LogP contribution in [0.5, 0.6) is 0 Å². The number of fused-ring (bicyclic) bond motifs is 1. The van der Waals surface area contributed by atoms with Crippen LogP contribution in [0.25, 0.3) is 0 Å². The maximum atomic E-state index is 10.2. The van der Waals surface area contributed by atoms with Gasteiger partial charge in [0.2, 0.25) is 0 Å². The summed E-state index contributed by atoms with van der Waals surface area (Å²) in [4.78, 5) is 1.41. The van der Waals surface area contributed by atoms with Crippen LogP contribution in [-0.4, -0.2) is 28.2 Å². The van der Waals surface area contributed by atoms with E-state index in [9.17, 15) is 10.2 Å². The van der Waals surface area contributed by atoms with Gasteiger partial charge < -0.3 is 10.2 Å². The molecule has 0 aliphatic heterocycles. The van der Waals surface area contributed by atoms with Crippen molar-refractivity contribution in [2.24, 2.45) is 23.2 Å². The molecule has 3 saturated carbocycles. The standard InChI is InChI=1S/C31H44O2S/c1-20(2)25-8-6-10-26(18-25)34-19-21(3)27-13-14-28-24(9-7-15-31(27,28)5)12-11-23-16-29(32)22(4)30(33)17-23/h6,8,10-12,18,20-21,27-30,32-33H,4,7,9,13-17,19H2,1-3,5H3/b23-11?,24-12+/t21?,27?,28?,29-,30?,31?/m1/s1. The summed E-state index contributed by atoms with van der Waals surface area (Å²) in [6.07, 6.45) is 11.0. The van der Waals surface area contributed by atoms with E-state index < -0.39 is 12.2 Å². The molecule has 0 radical (unpaired) electrons. The van der Waals surface area contributed by atoms with Gasteiger partial charge in [0, 0.05) is 10.6 Å². The van der Waals surface area contributed by atoms with Gasteiger partial charge in [-0.05, 0) is 97.3 Å². The van der Waals surface area contributed by atoms with Crippen LogP contribution in [0.1, 0.15) is 84.1 Å². The van der Waals surface area contributed by atoms with E-state index in [4.69, 9.17) is 0 Å². The molecule has 0 heterocycles. The molecule has 1 aromatic rings. The van der Waals surface area contributed by atoms with E-state index in [1.165, 1.54) is 48.3 Å². The molecule has 186 valence electrons. The van der Waals surface area contributed by atoms with Crippen LogP contribution in [0, 0.1) is 23.2 Å². The fraction of sp³-hybridized carbons (Fsp3) is 0.613. The fourth-order valence-electron chi connectivity index (χ4n) is 6.95. The molecule has 3 aliphatic rings. The lowest BCUT2D eigenvalue weighted by Gasteiger charge is -2.44. The third-order valence-corrected chi connectivity index (χ3v) is 10.3. The normalized spacial score (nSPS) is 35.2. The Morgan fingerprint density at radius 2 is 1.85 bits per heavy atom. The lowest BCUT2D eigenvalue weighted by molar-refractivity contribution is 0.105. The summed E-state index contributed by atoms with van der Waals surface area (Å²) < 4.78 is 0. The van der Waals surface area contributed by atoms with E-state index in [2.05, 4.69) is 70.7 Å². The molecule has 0 saturated heterocycles. The van der Waals surface area contributed by atoms with Crippen molar-refractivity contribution in [3.05, 3.63) is 65.3 Å². The highest BCUT2D eigenvalue weighted by Gasteiger charge is 2.50. The van der Waals surface area contributed by atoms with Gasteiger partial charge in [0.15, 0.2) is 0 Å². The Bertz CT molecular complexity index is 929. The van der Waals surface area contributed by atoms with Crippen LogP contribution in [0.15, 0.2) is 64.6 Å². The number of hydrogen-bond donors (Lipinski definition) is 2. The zero-order valence-electron chi connectivity index (χ0n) is 21.6. The first-order valence-corrected chi connectivity index (χ1v) is 14.3. The van der Waals surface area contributed by atoms with E-state index in [0.717, 1.165) is 11.5 Å². The van der Waals surface area contributed by atoms with E-state index in [0.29, 0.717) is 41.6 Å². The number of aliphatic hydroxyl groups is 2. The Morgan fingerprint density at radius 1 is 1.12 bits per heavy atom. The van der Waals surface area contributed by atoms with Crippen LogP contribution in [0.2, 0.25) is 0 Å². The van der Waals surface area contributed by atoms with Crippen molar-refractivity contribution in [3.8, 4) is 0 Å². The maximum Gasteiger partial charge on any atom is 0.0809 e. The molecule has 3 heteroatoms. The Morgan fingerprint density at radius 3 is 2.56 bits per heavy atom. The third-order valence-electron chi connectivity index (χ3n) is 9.06. The average Bonchev–Trinajstić information content (AvgIpc) is 3.17. The molecular formula is C31H44O2S. The molecule has 5 unspecified atom stereocenters. The second kappa shape index (κ2) is 10.8. The highest BCUT2D eigenvalue weighted by molar-refractivity contribution is 7.99. The molecule has 0 amide bonds. The second-order valence-electron chi connectivity index (χ2n) is 11.7. The van der Waals surface area contributed by atoms with Crippen molar-refractivity contribution in [2.45, 2.75) is 95.7 Å². The summed E-state index contributed by atoms with van der Waals surface area (Å²) in [7, 11) is 0. The monoisotopic (exact) mass is 480 g/mol. The van der Waals surface area contributed by atoms with Gasteiger partial charge >= 0.3 is 0 Å². The number of aliphatic hydroxyl groups excluding tert-OH is 2. The first-order chi connectivity index (χ1) is 16.2. The number of rotatable bonds is 6. The van der Waals surface area contributed by atoms with Crippen LogP contribution in [0.4, 0.5) is 0 Å². The Kier molecular flexibility index (Phi) is 8.17. The molecule has 34 heavy (non-hydrogen) atoms. The van der Waals surface area contributed by atoms with E-state index in [-0.39, 0.29) is 0 Å². The summed E-state index contributed by atoms with van der Waals surface area (Å²) in [5.74, 6) is 3.92. The Labute approximate surface area is 211 Å². The third kappa shape index (κ3) is 5.42. The van der Waals surface area contributed by atoms with E-state index >= 15 is 0 Å². The zero-order chi connectivity index (χ0) is 24.5. The van der Waals surface area contributed by atoms with Gasteiger partial charge in [-0.1, -0.05) is 69.7 Å². The van der Waals surface area contributed by atoms with Gasteiger partial charge in [-0.25, -0.2) is 0 Å². The number of hydrogen-bond acceptors (Lipinski definition) is 3. The van der Waals surface area contributed by atoms with Crippen LogP contribution < -0.4 is 0 Å². The minimum Gasteiger partial charge on any atom is -0.388 e. The smallest absolute Gasteiger partial charge is 0.0809 e. The lowest BCUT2D eigenvalue weighted by Crippen LogP contribution is -2.36. The summed E-state index contributed by atoms with van der Waals surface area (Å²) in [5.41, 5.74) is 5.14. The quantitative estimate of drug-likeness (QED) is 0.324. The van der Waals surface area contributed by atoms with Crippen LogP contribution >= 0.6 is 11.8 Å².